The molecule has 0 aliphatic carbocycles. The highest BCUT2D eigenvalue weighted by molar-refractivity contribution is 6.31. The Morgan fingerprint density at radius 2 is 1.87 bits per heavy atom. The molecule has 0 saturated carbocycles. The lowest BCUT2D eigenvalue weighted by molar-refractivity contribution is -0.614. The molecule has 9 nitrogen and oxygen atoms in total. The summed E-state index contributed by atoms with van der Waals surface area (Å²) in [6, 6.07) is 27.7. The van der Waals surface area contributed by atoms with Gasteiger partial charge in [0.1, 0.15) is 19.6 Å². The van der Waals surface area contributed by atoms with Crippen LogP contribution in [0.5, 0.6) is 0 Å². The molecule has 1 unspecified atom stereocenters. The standard InChI is InChI=1S/C34H32ClFN6O3/c35-29-10-12-32(41-23-37-38-39-41)31(21-29)28-9-11-33(42(44)22-28)30(19-24-5-2-1-3-6-24)27-8-4-7-26(20-27)25-13-16-40(17-14-25)34(43)45-18-15-36/h1-12,20-23,25,30H,13-19H2. The number of hydrogen-bond acceptors (Lipinski definition) is 6. The van der Waals surface area contributed by atoms with Gasteiger partial charge in [-0.15, -0.1) is 5.10 Å². The number of halogens is 2. The average Bonchev–Trinajstić information content (AvgIpc) is 3.62. The number of carbonyl (C=O) groups excluding carboxylic acids is 1. The van der Waals surface area contributed by atoms with Gasteiger partial charge in [-0.3, -0.25) is 0 Å². The second kappa shape index (κ2) is 13.9. The fourth-order valence-electron chi connectivity index (χ4n) is 6.02. The number of rotatable bonds is 9. The van der Waals surface area contributed by atoms with Crippen LogP contribution in [0.1, 0.15) is 47.1 Å². The van der Waals surface area contributed by atoms with Gasteiger partial charge in [-0.05, 0) is 76.6 Å². The summed E-state index contributed by atoms with van der Waals surface area (Å²) < 4.78 is 19.9. The molecule has 1 fully saturated rings. The van der Waals surface area contributed by atoms with Gasteiger partial charge in [0.15, 0.2) is 6.20 Å². The summed E-state index contributed by atoms with van der Waals surface area (Å²) in [5, 5.41) is 25.9. The molecule has 0 spiro atoms. The van der Waals surface area contributed by atoms with E-state index in [0.29, 0.717) is 41.5 Å². The van der Waals surface area contributed by atoms with Crippen molar-refractivity contribution in [2.75, 3.05) is 26.4 Å². The van der Waals surface area contributed by atoms with Gasteiger partial charge in [0.25, 0.3) is 0 Å². The lowest BCUT2D eigenvalue weighted by atomic mass is 9.84. The van der Waals surface area contributed by atoms with Crippen molar-refractivity contribution in [3.8, 4) is 16.8 Å². The van der Waals surface area contributed by atoms with Crippen molar-refractivity contribution in [2.24, 2.45) is 0 Å². The predicted octanol–water partition coefficient (Wildman–Crippen LogP) is 6.28. The molecule has 45 heavy (non-hydrogen) atoms. The zero-order valence-electron chi connectivity index (χ0n) is 24.5. The number of piperidine rings is 1. The first kappa shape index (κ1) is 30.2. The molecule has 3 heterocycles. The van der Waals surface area contributed by atoms with Gasteiger partial charge in [-0.1, -0.05) is 66.2 Å². The number of likely N-dealkylation sites (tertiary alicyclic amines) is 1. The zero-order valence-corrected chi connectivity index (χ0v) is 25.3. The second-order valence-corrected chi connectivity index (χ2v) is 11.5. The summed E-state index contributed by atoms with van der Waals surface area (Å²) in [5.41, 5.74) is 6.06. The van der Waals surface area contributed by atoms with Crippen molar-refractivity contribution < 1.29 is 18.7 Å². The number of aromatic nitrogens is 5. The van der Waals surface area contributed by atoms with Crippen LogP contribution >= 0.6 is 11.6 Å². The van der Waals surface area contributed by atoms with Crippen LogP contribution in [-0.2, 0) is 11.2 Å². The minimum atomic E-state index is -0.687. The van der Waals surface area contributed by atoms with E-state index in [1.54, 1.807) is 23.2 Å². The van der Waals surface area contributed by atoms with E-state index >= 15 is 0 Å². The first-order valence-corrected chi connectivity index (χ1v) is 15.3. The van der Waals surface area contributed by atoms with Gasteiger partial charge in [0.05, 0.1) is 11.6 Å². The van der Waals surface area contributed by atoms with Crippen LogP contribution in [0.3, 0.4) is 0 Å². The van der Waals surface area contributed by atoms with Crippen LogP contribution in [0.25, 0.3) is 16.8 Å². The van der Waals surface area contributed by atoms with E-state index in [4.69, 9.17) is 16.3 Å². The molecule has 230 valence electrons. The number of nitrogens with zero attached hydrogens (tertiary/aromatic N) is 6. The molecule has 0 N–H and O–H groups in total. The molecule has 0 radical (unpaired) electrons. The van der Waals surface area contributed by atoms with E-state index < -0.39 is 12.8 Å². The summed E-state index contributed by atoms with van der Waals surface area (Å²) in [4.78, 5) is 13.8. The Morgan fingerprint density at radius 1 is 1.04 bits per heavy atom. The molecular weight excluding hydrogens is 595 g/mol. The van der Waals surface area contributed by atoms with E-state index in [1.165, 1.54) is 16.6 Å². The first-order chi connectivity index (χ1) is 22.0. The molecule has 1 aliphatic heterocycles. The number of benzene rings is 3. The van der Waals surface area contributed by atoms with E-state index in [1.807, 2.05) is 42.5 Å². The molecule has 6 rings (SSSR count). The molecule has 0 bridgehead atoms. The van der Waals surface area contributed by atoms with Crippen LogP contribution in [0.4, 0.5) is 9.18 Å². The number of pyridine rings is 1. The van der Waals surface area contributed by atoms with Gasteiger partial charge >= 0.3 is 6.09 Å². The number of alkyl halides is 1. The maximum absolute atomic E-state index is 13.8. The second-order valence-electron chi connectivity index (χ2n) is 11.1. The molecule has 1 atom stereocenters. The Bertz CT molecular complexity index is 1750. The molecule has 1 saturated heterocycles. The summed E-state index contributed by atoms with van der Waals surface area (Å²) in [5.74, 6) is 0.0369. The van der Waals surface area contributed by atoms with Crippen molar-refractivity contribution in [1.82, 2.24) is 25.1 Å². The van der Waals surface area contributed by atoms with Gasteiger partial charge in [-0.25, -0.2) is 9.18 Å². The van der Waals surface area contributed by atoms with Crippen LogP contribution in [0.15, 0.2) is 97.5 Å². The number of carbonyl (C=O) groups is 1. The topological polar surface area (TPSA) is 100 Å². The minimum Gasteiger partial charge on any atom is -0.618 e. The molecule has 3 aromatic carbocycles. The monoisotopic (exact) mass is 626 g/mol. The SMILES string of the molecule is O=C(OCCF)N1CCC(c2cccc(C(Cc3ccccc3)c3ccc(-c4cc(Cl)ccc4-n4cnnn4)c[n+]3[O-])c2)CC1. The highest BCUT2D eigenvalue weighted by Crippen LogP contribution is 2.34. The van der Waals surface area contributed by atoms with Gasteiger partial charge in [-0.2, -0.15) is 9.41 Å². The maximum atomic E-state index is 13.8. The minimum absolute atomic E-state index is 0.215. The molecule has 1 aliphatic rings. The highest BCUT2D eigenvalue weighted by Gasteiger charge is 2.28. The lowest BCUT2D eigenvalue weighted by Gasteiger charge is -2.31. The number of ether oxygens (including phenoxy) is 1. The first-order valence-electron chi connectivity index (χ1n) is 14.9. The summed E-state index contributed by atoms with van der Waals surface area (Å²) in [7, 11) is 0. The van der Waals surface area contributed by atoms with E-state index in [2.05, 4.69) is 45.9 Å². The highest BCUT2D eigenvalue weighted by atomic mass is 35.5. The Kier molecular flexibility index (Phi) is 9.30. The number of hydrogen-bond donors (Lipinski definition) is 0. The van der Waals surface area contributed by atoms with Crippen molar-refractivity contribution >= 4 is 17.7 Å². The predicted molar refractivity (Wildman–Crippen MR) is 168 cm³/mol. The molecular formula is C34H32ClFN6O3. The third-order valence-corrected chi connectivity index (χ3v) is 8.52. The van der Waals surface area contributed by atoms with E-state index in [9.17, 15) is 14.4 Å². The molecule has 11 heteroatoms. The fraction of sp³-hybridized carbons (Fsp3) is 0.265. The number of tetrazole rings is 1. The smallest absolute Gasteiger partial charge is 0.409 e. The summed E-state index contributed by atoms with van der Waals surface area (Å²) >= 11 is 6.36. The van der Waals surface area contributed by atoms with Gasteiger partial charge in [0.2, 0.25) is 5.69 Å². The summed E-state index contributed by atoms with van der Waals surface area (Å²) in [6.07, 6.45) is 4.80. The Labute approximate surface area is 265 Å². The van der Waals surface area contributed by atoms with Crippen LogP contribution in [0, 0.1) is 5.21 Å². The van der Waals surface area contributed by atoms with Crippen molar-refractivity contribution in [1.29, 1.82) is 0 Å². The Hall–Kier alpha value is -4.83. The van der Waals surface area contributed by atoms with Gasteiger partial charge in [0, 0.05) is 35.3 Å². The fourth-order valence-corrected chi connectivity index (χ4v) is 6.19. The quantitative estimate of drug-likeness (QED) is 0.141. The van der Waals surface area contributed by atoms with Crippen molar-refractivity contribution in [3.05, 3.63) is 130 Å². The maximum Gasteiger partial charge on any atom is 0.409 e. The Morgan fingerprint density at radius 3 is 2.60 bits per heavy atom. The van der Waals surface area contributed by atoms with Crippen LogP contribution < -0.4 is 4.73 Å². The molecule has 1 amide bonds. The lowest BCUT2D eigenvalue weighted by Crippen LogP contribution is -2.38. The molecule has 5 aromatic rings. The summed E-state index contributed by atoms with van der Waals surface area (Å²) in [6.45, 7) is 0.189. The van der Waals surface area contributed by atoms with Crippen LogP contribution in [-0.4, -0.2) is 57.6 Å². The normalized spacial score (nSPS) is 14.3. The zero-order chi connectivity index (χ0) is 31.2. The number of amides is 1. The van der Waals surface area contributed by atoms with Crippen LogP contribution in [0.2, 0.25) is 5.02 Å². The molecule has 2 aromatic heterocycles. The average molecular weight is 627 g/mol. The largest absolute Gasteiger partial charge is 0.618 e. The van der Waals surface area contributed by atoms with E-state index in [0.717, 1.165) is 34.3 Å². The van der Waals surface area contributed by atoms with Crippen molar-refractivity contribution in [3.63, 3.8) is 0 Å². The van der Waals surface area contributed by atoms with E-state index in [-0.39, 0.29) is 18.4 Å². The van der Waals surface area contributed by atoms with Gasteiger partial charge < -0.3 is 14.8 Å². The third kappa shape index (κ3) is 6.96. The third-order valence-electron chi connectivity index (χ3n) is 8.29. The Balaban J connectivity index is 1.31. The van der Waals surface area contributed by atoms with Crippen molar-refractivity contribution in [2.45, 2.75) is 31.1 Å².